The largest absolute Gasteiger partial charge is 0.240 e. The molecule has 1 aliphatic carbocycles. The summed E-state index contributed by atoms with van der Waals surface area (Å²) in [4.78, 5) is 0.208. The van der Waals surface area contributed by atoms with Crippen LogP contribution in [-0.2, 0) is 10.0 Å². The van der Waals surface area contributed by atoms with E-state index in [0.717, 1.165) is 6.42 Å². The Balaban J connectivity index is 2.07. The lowest BCUT2D eigenvalue weighted by atomic mass is 9.83. The Morgan fingerprint density at radius 3 is 2.74 bits per heavy atom. The minimum Gasteiger partial charge on any atom is -0.211 e. The highest BCUT2D eigenvalue weighted by molar-refractivity contribution is 7.89. The molecule has 0 heterocycles. The summed E-state index contributed by atoms with van der Waals surface area (Å²) in [6.45, 7) is 2.21. The first-order valence-electron chi connectivity index (χ1n) is 6.53. The molecule has 0 unspecified atom stereocenters. The van der Waals surface area contributed by atoms with Crippen LogP contribution in [0.5, 0.6) is 0 Å². The topological polar surface area (TPSA) is 70.0 Å². The number of nitriles is 1. The van der Waals surface area contributed by atoms with Crippen molar-refractivity contribution in [1.82, 2.24) is 4.72 Å². The second kappa shape index (κ2) is 5.72. The summed E-state index contributed by atoms with van der Waals surface area (Å²) >= 11 is 0. The van der Waals surface area contributed by atoms with Gasteiger partial charge in [-0.05, 0) is 37.0 Å². The fraction of sp³-hybridized carbons (Fsp3) is 0.500. The van der Waals surface area contributed by atoms with E-state index in [4.69, 9.17) is 5.26 Å². The number of rotatable bonds is 5. The highest BCUT2D eigenvalue weighted by Gasteiger charge is 2.20. The highest BCUT2D eigenvalue weighted by Crippen LogP contribution is 2.29. The summed E-state index contributed by atoms with van der Waals surface area (Å²) in [6, 6.07) is 6.69. The SMILES string of the molecule is Cc1ccc(C#N)cc1S(=O)(=O)NCCC1CCC1. The monoisotopic (exact) mass is 278 g/mol. The van der Waals surface area contributed by atoms with Gasteiger partial charge in [0, 0.05) is 6.54 Å². The molecule has 1 aliphatic rings. The van der Waals surface area contributed by atoms with E-state index in [0.29, 0.717) is 23.6 Å². The molecule has 0 atom stereocenters. The average Bonchev–Trinajstić information content (AvgIpc) is 2.33. The highest BCUT2D eigenvalue weighted by atomic mass is 32.2. The van der Waals surface area contributed by atoms with Crippen molar-refractivity contribution in [2.45, 2.75) is 37.5 Å². The van der Waals surface area contributed by atoms with Crippen LogP contribution in [0.1, 0.15) is 36.8 Å². The minimum atomic E-state index is -3.50. The van der Waals surface area contributed by atoms with Crippen LogP contribution in [-0.4, -0.2) is 15.0 Å². The van der Waals surface area contributed by atoms with E-state index >= 15 is 0 Å². The van der Waals surface area contributed by atoms with E-state index in [2.05, 4.69) is 4.72 Å². The van der Waals surface area contributed by atoms with E-state index in [1.165, 1.54) is 25.3 Å². The van der Waals surface area contributed by atoms with Crippen molar-refractivity contribution in [3.8, 4) is 6.07 Å². The molecular weight excluding hydrogens is 260 g/mol. The van der Waals surface area contributed by atoms with Crippen molar-refractivity contribution in [2.24, 2.45) is 5.92 Å². The molecule has 0 amide bonds. The third kappa shape index (κ3) is 3.34. The van der Waals surface area contributed by atoms with Gasteiger partial charge in [-0.2, -0.15) is 5.26 Å². The molecule has 0 saturated heterocycles. The lowest BCUT2D eigenvalue weighted by Gasteiger charge is -2.25. The van der Waals surface area contributed by atoms with Gasteiger partial charge in [0.25, 0.3) is 0 Å². The Labute approximate surface area is 114 Å². The van der Waals surface area contributed by atoms with Crippen LogP contribution in [0.2, 0.25) is 0 Å². The number of sulfonamides is 1. The Hall–Kier alpha value is -1.38. The molecule has 19 heavy (non-hydrogen) atoms. The van der Waals surface area contributed by atoms with Crippen molar-refractivity contribution < 1.29 is 8.42 Å². The van der Waals surface area contributed by atoms with Gasteiger partial charge in [0.2, 0.25) is 10.0 Å². The number of hydrogen-bond acceptors (Lipinski definition) is 3. The predicted octanol–water partition coefficient (Wildman–Crippen LogP) is 2.34. The van der Waals surface area contributed by atoms with Crippen LogP contribution in [0, 0.1) is 24.2 Å². The summed E-state index contributed by atoms with van der Waals surface area (Å²) in [5.41, 5.74) is 1.03. The maximum Gasteiger partial charge on any atom is 0.240 e. The van der Waals surface area contributed by atoms with E-state index in [9.17, 15) is 8.42 Å². The van der Waals surface area contributed by atoms with Crippen LogP contribution in [0.25, 0.3) is 0 Å². The zero-order valence-electron chi connectivity index (χ0n) is 11.0. The molecule has 1 N–H and O–H groups in total. The number of aryl methyl sites for hydroxylation is 1. The van der Waals surface area contributed by atoms with Gasteiger partial charge in [-0.25, -0.2) is 13.1 Å². The smallest absolute Gasteiger partial charge is 0.211 e. The maximum atomic E-state index is 12.2. The standard InChI is InChI=1S/C14H18N2O2S/c1-11-5-6-13(10-15)9-14(11)19(17,18)16-8-7-12-3-2-4-12/h5-6,9,12,16H,2-4,7-8H2,1H3. The van der Waals surface area contributed by atoms with E-state index in [1.54, 1.807) is 19.1 Å². The molecule has 0 aromatic heterocycles. The van der Waals surface area contributed by atoms with Crippen LogP contribution in [0.3, 0.4) is 0 Å². The van der Waals surface area contributed by atoms with Crippen LogP contribution in [0.4, 0.5) is 0 Å². The average molecular weight is 278 g/mol. The minimum absolute atomic E-state index is 0.208. The second-order valence-electron chi connectivity index (χ2n) is 5.08. The van der Waals surface area contributed by atoms with Gasteiger partial charge in [0.1, 0.15) is 0 Å². The summed E-state index contributed by atoms with van der Waals surface area (Å²) in [7, 11) is -3.50. The van der Waals surface area contributed by atoms with Crippen LogP contribution in [0.15, 0.2) is 23.1 Å². The predicted molar refractivity (Wildman–Crippen MR) is 73.0 cm³/mol. The Morgan fingerprint density at radius 1 is 1.42 bits per heavy atom. The van der Waals surface area contributed by atoms with Crippen molar-refractivity contribution >= 4 is 10.0 Å². The summed E-state index contributed by atoms with van der Waals surface area (Å²) in [5.74, 6) is 0.675. The van der Waals surface area contributed by atoms with Crippen LogP contribution >= 0.6 is 0 Å². The lowest BCUT2D eigenvalue weighted by Crippen LogP contribution is -2.28. The quantitative estimate of drug-likeness (QED) is 0.898. The molecule has 5 heteroatoms. The first-order chi connectivity index (χ1) is 9.03. The zero-order chi connectivity index (χ0) is 13.9. The summed E-state index contributed by atoms with van der Waals surface area (Å²) < 4.78 is 27.0. The first-order valence-corrected chi connectivity index (χ1v) is 8.01. The van der Waals surface area contributed by atoms with Crippen molar-refractivity contribution in [3.05, 3.63) is 29.3 Å². The third-order valence-electron chi connectivity index (χ3n) is 3.68. The fourth-order valence-corrected chi connectivity index (χ4v) is 3.53. The van der Waals surface area contributed by atoms with Crippen molar-refractivity contribution in [2.75, 3.05) is 6.54 Å². The molecule has 2 rings (SSSR count). The number of nitrogens with one attached hydrogen (secondary N) is 1. The van der Waals surface area contributed by atoms with Gasteiger partial charge < -0.3 is 0 Å². The molecule has 0 radical (unpaired) electrons. The molecule has 1 fully saturated rings. The molecule has 1 saturated carbocycles. The maximum absolute atomic E-state index is 12.2. The van der Waals surface area contributed by atoms with Crippen LogP contribution < -0.4 is 4.72 Å². The number of benzene rings is 1. The normalized spacial score (nSPS) is 15.8. The van der Waals surface area contributed by atoms with Gasteiger partial charge in [-0.15, -0.1) is 0 Å². The second-order valence-corrected chi connectivity index (χ2v) is 6.81. The lowest BCUT2D eigenvalue weighted by molar-refractivity contribution is 0.297. The molecule has 0 aliphatic heterocycles. The molecule has 4 nitrogen and oxygen atoms in total. The van der Waals surface area contributed by atoms with E-state index < -0.39 is 10.0 Å². The van der Waals surface area contributed by atoms with Gasteiger partial charge in [-0.1, -0.05) is 25.3 Å². The van der Waals surface area contributed by atoms with Crippen molar-refractivity contribution in [1.29, 1.82) is 5.26 Å². The van der Waals surface area contributed by atoms with Gasteiger partial charge in [0.15, 0.2) is 0 Å². The summed E-state index contributed by atoms with van der Waals surface area (Å²) in [5, 5.41) is 8.84. The van der Waals surface area contributed by atoms with E-state index in [-0.39, 0.29) is 4.90 Å². The van der Waals surface area contributed by atoms with E-state index in [1.807, 2.05) is 6.07 Å². The number of nitrogens with zero attached hydrogens (tertiary/aromatic N) is 1. The van der Waals surface area contributed by atoms with Gasteiger partial charge in [0.05, 0.1) is 16.5 Å². The number of hydrogen-bond donors (Lipinski definition) is 1. The first kappa shape index (κ1) is 14.0. The zero-order valence-corrected chi connectivity index (χ0v) is 11.8. The molecule has 1 aromatic rings. The molecule has 1 aromatic carbocycles. The Bertz CT molecular complexity index is 598. The molecule has 0 bridgehead atoms. The summed E-state index contributed by atoms with van der Waals surface area (Å²) in [6.07, 6.45) is 4.59. The molecular formula is C14H18N2O2S. The Kier molecular flexibility index (Phi) is 4.23. The van der Waals surface area contributed by atoms with Gasteiger partial charge in [-0.3, -0.25) is 0 Å². The molecule has 102 valence electrons. The van der Waals surface area contributed by atoms with Gasteiger partial charge >= 0.3 is 0 Å². The Morgan fingerprint density at radius 2 is 2.16 bits per heavy atom. The van der Waals surface area contributed by atoms with Crippen molar-refractivity contribution in [3.63, 3.8) is 0 Å². The fourth-order valence-electron chi connectivity index (χ4n) is 2.22. The third-order valence-corrected chi connectivity index (χ3v) is 5.28. The molecule has 0 spiro atoms.